The van der Waals surface area contributed by atoms with Gasteiger partial charge >= 0.3 is 10.2 Å². The quantitative estimate of drug-likeness (QED) is 0.130. The Hall–Kier alpha value is -3.95. The highest BCUT2D eigenvalue weighted by molar-refractivity contribution is 7.86. The average molecular weight is 657 g/mol. The number of hydrogen-bond donors (Lipinski definition) is 4. The summed E-state index contributed by atoms with van der Waals surface area (Å²) in [6, 6.07) is 12.6. The number of anilines is 1. The van der Waals surface area contributed by atoms with Gasteiger partial charge in [0.25, 0.3) is 5.91 Å². The van der Waals surface area contributed by atoms with Gasteiger partial charge in [0.05, 0.1) is 43.9 Å². The maximum Gasteiger partial charge on any atom is 0.332 e. The Labute approximate surface area is 264 Å². The van der Waals surface area contributed by atoms with Crippen LogP contribution in [0.25, 0.3) is 22.3 Å². The van der Waals surface area contributed by atoms with Gasteiger partial charge in [-0.05, 0) is 67.6 Å². The maximum absolute atomic E-state index is 13.2. The van der Waals surface area contributed by atoms with E-state index in [2.05, 4.69) is 26.9 Å². The van der Waals surface area contributed by atoms with Crippen molar-refractivity contribution in [2.75, 3.05) is 11.9 Å². The van der Waals surface area contributed by atoms with E-state index >= 15 is 0 Å². The number of benzene rings is 2. The van der Waals surface area contributed by atoms with E-state index in [1.165, 1.54) is 18.3 Å². The number of aromatic nitrogens is 2. The molecule has 228 valence electrons. The minimum absolute atomic E-state index is 0.0369. The van der Waals surface area contributed by atoms with Crippen molar-refractivity contribution in [2.24, 2.45) is 0 Å². The molecule has 2 aromatic heterocycles. The third-order valence-corrected chi connectivity index (χ3v) is 8.91. The molecule has 0 saturated heterocycles. The van der Waals surface area contributed by atoms with Crippen molar-refractivity contribution in [1.82, 2.24) is 20.6 Å². The summed E-state index contributed by atoms with van der Waals surface area (Å²) in [7, 11) is -4.73. The number of aromatic hydroxyl groups is 1. The molecule has 4 aromatic rings. The molecule has 1 amide bonds. The highest BCUT2D eigenvalue weighted by Gasteiger charge is 2.25. The summed E-state index contributed by atoms with van der Waals surface area (Å²) < 4.78 is 35.3. The minimum atomic E-state index is -4.73. The van der Waals surface area contributed by atoms with E-state index in [1.54, 1.807) is 36.4 Å². The second kappa shape index (κ2) is 13.4. The highest BCUT2D eigenvalue weighted by atomic mass is 35.5. The molecular weight excluding hydrogens is 628 g/mol. The van der Waals surface area contributed by atoms with Gasteiger partial charge in [-0.25, -0.2) is 4.98 Å². The van der Waals surface area contributed by atoms with E-state index in [4.69, 9.17) is 34.6 Å². The summed E-state index contributed by atoms with van der Waals surface area (Å²) in [6.07, 6.45) is 10.2. The molecule has 0 spiro atoms. The van der Waals surface area contributed by atoms with Crippen LogP contribution in [0, 0.1) is 12.3 Å². The topological polar surface area (TPSA) is 133 Å². The van der Waals surface area contributed by atoms with Gasteiger partial charge in [0.2, 0.25) is 0 Å². The van der Waals surface area contributed by atoms with Gasteiger partial charge in [-0.1, -0.05) is 41.3 Å². The monoisotopic (exact) mass is 655 g/mol. The van der Waals surface area contributed by atoms with E-state index in [1.807, 2.05) is 0 Å². The Balaban J connectivity index is 1.35. The summed E-state index contributed by atoms with van der Waals surface area (Å²) in [6.45, 7) is 0.569. The zero-order valence-electron chi connectivity index (χ0n) is 23.3. The van der Waals surface area contributed by atoms with E-state index in [0.717, 1.165) is 31.2 Å². The van der Waals surface area contributed by atoms with Crippen molar-refractivity contribution in [2.45, 2.75) is 49.2 Å². The molecule has 0 atom stereocenters. The Morgan fingerprint density at radius 2 is 1.70 bits per heavy atom. The Bertz CT molecular complexity index is 1830. The number of amides is 1. The van der Waals surface area contributed by atoms with Gasteiger partial charge in [-0.2, -0.15) is 8.42 Å². The van der Waals surface area contributed by atoms with Crippen LogP contribution in [0.15, 0.2) is 59.6 Å². The van der Waals surface area contributed by atoms with Gasteiger partial charge in [0.1, 0.15) is 5.52 Å². The van der Waals surface area contributed by atoms with Crippen molar-refractivity contribution in [3.63, 3.8) is 0 Å². The first kappa shape index (κ1) is 31.5. The molecule has 2 aromatic carbocycles. The molecule has 0 bridgehead atoms. The largest absolute Gasteiger partial charge is 0.505 e. The SMILES string of the molecule is C#CCNC(=O)c1cnc2ccc(-c3cc(Cl)c(O)c(Cl)c3)nc2c1NC1CCC(NCc2ccc(S(=O)(=O)F)cc2)CC1. The molecule has 9 nitrogen and oxygen atoms in total. The summed E-state index contributed by atoms with van der Waals surface area (Å²) in [5, 5.41) is 19.9. The first-order chi connectivity index (χ1) is 21.0. The van der Waals surface area contributed by atoms with E-state index in [0.29, 0.717) is 40.1 Å². The number of pyridine rings is 2. The lowest BCUT2D eigenvalue weighted by Gasteiger charge is -2.31. The number of carbonyl (C=O) groups excluding carboxylic acids is 1. The van der Waals surface area contributed by atoms with Crippen LogP contribution < -0.4 is 16.0 Å². The Kier molecular flexibility index (Phi) is 9.56. The van der Waals surface area contributed by atoms with Crippen molar-refractivity contribution in [3.8, 4) is 29.4 Å². The third kappa shape index (κ3) is 7.22. The molecule has 44 heavy (non-hydrogen) atoms. The second-order valence-corrected chi connectivity index (χ2v) is 12.6. The van der Waals surface area contributed by atoms with Gasteiger partial charge in [0.15, 0.2) is 5.75 Å². The standard InChI is InChI=1S/C31H28Cl2FN5O4S/c1-2-13-35-31(41)23-17-37-27-12-11-26(19-14-24(32)30(40)25(33)15-19)39-29(27)28(23)38-21-7-5-20(6-8-21)36-16-18-3-9-22(10-4-18)44(34,42)43/h1,3-4,9-12,14-15,17,20-21,36,40H,5-8,13,16H2,(H,35,41)(H,37,38). The van der Waals surface area contributed by atoms with Crippen molar-refractivity contribution in [1.29, 1.82) is 0 Å². The lowest BCUT2D eigenvalue weighted by Crippen LogP contribution is -2.37. The summed E-state index contributed by atoms with van der Waals surface area (Å²) in [5.74, 6) is 1.80. The molecule has 1 saturated carbocycles. The maximum atomic E-state index is 13.2. The molecule has 4 N–H and O–H groups in total. The molecule has 13 heteroatoms. The van der Waals surface area contributed by atoms with Crippen LogP contribution in [0.5, 0.6) is 5.75 Å². The van der Waals surface area contributed by atoms with Crippen molar-refractivity contribution in [3.05, 3.63) is 75.9 Å². The zero-order valence-corrected chi connectivity index (χ0v) is 25.6. The molecule has 1 aliphatic rings. The predicted octanol–water partition coefficient (Wildman–Crippen LogP) is 5.84. The lowest BCUT2D eigenvalue weighted by molar-refractivity contribution is 0.0959. The second-order valence-electron chi connectivity index (χ2n) is 10.4. The summed E-state index contributed by atoms with van der Waals surface area (Å²) in [4.78, 5) is 22.0. The average Bonchev–Trinajstić information content (AvgIpc) is 3.01. The smallest absolute Gasteiger partial charge is 0.332 e. The summed E-state index contributed by atoms with van der Waals surface area (Å²) >= 11 is 12.3. The first-order valence-corrected chi connectivity index (χ1v) is 15.9. The number of rotatable bonds is 9. The molecule has 2 heterocycles. The molecular formula is C31H28Cl2FN5O4S. The lowest BCUT2D eigenvalue weighted by atomic mass is 9.90. The fourth-order valence-corrected chi connectivity index (χ4v) is 6.11. The first-order valence-electron chi connectivity index (χ1n) is 13.8. The van der Waals surface area contributed by atoms with Crippen LogP contribution >= 0.6 is 23.2 Å². The number of fused-ring (bicyclic) bond motifs is 1. The number of carbonyl (C=O) groups is 1. The van der Waals surface area contributed by atoms with E-state index < -0.39 is 10.2 Å². The van der Waals surface area contributed by atoms with E-state index in [-0.39, 0.29) is 45.2 Å². The number of phenolic OH excluding ortho intramolecular Hbond substituents is 1. The molecule has 0 radical (unpaired) electrons. The number of phenols is 1. The highest BCUT2D eigenvalue weighted by Crippen LogP contribution is 2.37. The number of nitrogens with zero attached hydrogens (tertiary/aromatic N) is 2. The number of nitrogens with one attached hydrogen (secondary N) is 3. The predicted molar refractivity (Wildman–Crippen MR) is 169 cm³/mol. The third-order valence-electron chi connectivity index (χ3n) is 7.50. The van der Waals surface area contributed by atoms with Gasteiger partial charge in [-0.3, -0.25) is 9.78 Å². The molecule has 1 fully saturated rings. The summed E-state index contributed by atoms with van der Waals surface area (Å²) in [5.41, 5.74) is 3.84. The van der Waals surface area contributed by atoms with Crippen molar-refractivity contribution >= 4 is 56.1 Å². The van der Waals surface area contributed by atoms with Crippen LogP contribution in [0.2, 0.25) is 10.0 Å². The Morgan fingerprint density at radius 1 is 1.05 bits per heavy atom. The van der Waals surface area contributed by atoms with Crippen LogP contribution in [0.3, 0.4) is 0 Å². The molecule has 5 rings (SSSR count). The van der Waals surface area contributed by atoms with Crippen LogP contribution in [0.1, 0.15) is 41.6 Å². The number of terminal acetylenes is 1. The van der Waals surface area contributed by atoms with Gasteiger partial charge in [-0.15, -0.1) is 10.3 Å². The molecule has 0 unspecified atom stereocenters. The zero-order chi connectivity index (χ0) is 31.4. The van der Waals surface area contributed by atoms with Crippen LogP contribution in [-0.2, 0) is 16.8 Å². The van der Waals surface area contributed by atoms with Crippen LogP contribution in [-0.4, -0.2) is 48.0 Å². The number of halogens is 3. The Morgan fingerprint density at radius 3 is 2.34 bits per heavy atom. The minimum Gasteiger partial charge on any atom is -0.505 e. The van der Waals surface area contributed by atoms with Crippen LogP contribution in [0.4, 0.5) is 9.57 Å². The van der Waals surface area contributed by atoms with Gasteiger partial charge < -0.3 is 21.1 Å². The van der Waals surface area contributed by atoms with E-state index in [9.17, 15) is 22.2 Å². The van der Waals surface area contributed by atoms with Crippen molar-refractivity contribution < 1.29 is 22.2 Å². The fraction of sp³-hybridized carbons (Fsp3) is 0.258. The molecule has 0 aliphatic heterocycles. The van der Waals surface area contributed by atoms with Gasteiger partial charge in [0, 0.05) is 30.4 Å². The normalized spacial score (nSPS) is 16.8. The molecule has 1 aliphatic carbocycles. The number of hydrogen-bond acceptors (Lipinski definition) is 8. The fourth-order valence-electron chi connectivity index (χ4n) is 5.16.